The molecule has 2 fully saturated rings. The summed E-state index contributed by atoms with van der Waals surface area (Å²) in [5.41, 5.74) is 0. The third-order valence-electron chi connectivity index (χ3n) is 3.54. The van der Waals surface area contributed by atoms with Crippen molar-refractivity contribution >= 4 is 15.8 Å². The lowest BCUT2D eigenvalue weighted by molar-refractivity contribution is -0.153. The summed E-state index contributed by atoms with van der Waals surface area (Å²) in [4.78, 5) is 13.7. The minimum Gasteiger partial charge on any atom is -0.462 e. The fourth-order valence-electron chi connectivity index (χ4n) is 2.26. The fraction of sp³-hybridized carbons (Fsp3) is 0.917. The minimum absolute atomic E-state index is 0.0111. The van der Waals surface area contributed by atoms with Gasteiger partial charge in [0.15, 0.2) is 9.84 Å². The molecule has 110 valence electrons. The summed E-state index contributed by atoms with van der Waals surface area (Å²) in [6.45, 7) is 2.93. The number of esters is 1. The van der Waals surface area contributed by atoms with Crippen molar-refractivity contribution in [2.75, 3.05) is 44.4 Å². The van der Waals surface area contributed by atoms with Gasteiger partial charge in [-0.2, -0.15) is 0 Å². The van der Waals surface area contributed by atoms with Gasteiger partial charge in [0.25, 0.3) is 0 Å². The Morgan fingerprint density at radius 1 is 1.21 bits per heavy atom. The second kappa shape index (κ2) is 6.67. The van der Waals surface area contributed by atoms with Crippen LogP contribution in [0.5, 0.6) is 0 Å². The lowest BCUT2D eigenvalue weighted by Crippen LogP contribution is -2.41. The molecule has 0 aromatic heterocycles. The van der Waals surface area contributed by atoms with Crippen LogP contribution >= 0.6 is 0 Å². The first-order valence-corrected chi connectivity index (χ1v) is 8.57. The SMILES string of the molecule is O=C(CCN1CCS(=O)(=O)CC1)OC1CCOCC1. The maximum absolute atomic E-state index is 11.7. The Hall–Kier alpha value is -0.660. The van der Waals surface area contributed by atoms with Crippen molar-refractivity contribution in [2.24, 2.45) is 0 Å². The Morgan fingerprint density at radius 3 is 2.47 bits per heavy atom. The molecule has 0 amide bonds. The van der Waals surface area contributed by atoms with E-state index in [-0.39, 0.29) is 23.6 Å². The summed E-state index contributed by atoms with van der Waals surface area (Å²) in [7, 11) is -2.85. The van der Waals surface area contributed by atoms with Gasteiger partial charge in [-0.05, 0) is 0 Å². The van der Waals surface area contributed by atoms with Crippen LogP contribution in [-0.2, 0) is 24.1 Å². The van der Waals surface area contributed by atoms with Crippen molar-refractivity contribution in [3.63, 3.8) is 0 Å². The van der Waals surface area contributed by atoms with Crippen molar-refractivity contribution in [1.82, 2.24) is 4.90 Å². The van der Waals surface area contributed by atoms with Gasteiger partial charge in [0.2, 0.25) is 0 Å². The molecule has 0 aliphatic carbocycles. The van der Waals surface area contributed by atoms with Crippen molar-refractivity contribution in [3.8, 4) is 0 Å². The smallest absolute Gasteiger partial charge is 0.307 e. The number of carbonyl (C=O) groups is 1. The van der Waals surface area contributed by atoms with E-state index < -0.39 is 9.84 Å². The number of carbonyl (C=O) groups excluding carboxylic acids is 1. The molecule has 2 aliphatic heterocycles. The molecule has 0 unspecified atom stereocenters. The topological polar surface area (TPSA) is 72.9 Å². The molecule has 2 heterocycles. The number of rotatable bonds is 4. The van der Waals surface area contributed by atoms with Gasteiger partial charge in [-0.1, -0.05) is 0 Å². The number of nitrogens with zero attached hydrogens (tertiary/aromatic N) is 1. The van der Waals surface area contributed by atoms with E-state index in [0.29, 0.717) is 39.3 Å². The van der Waals surface area contributed by atoms with E-state index in [2.05, 4.69) is 0 Å². The van der Waals surface area contributed by atoms with E-state index in [0.717, 1.165) is 12.8 Å². The van der Waals surface area contributed by atoms with Gasteiger partial charge in [-0.3, -0.25) is 4.79 Å². The molecule has 7 heteroatoms. The van der Waals surface area contributed by atoms with Gasteiger partial charge < -0.3 is 14.4 Å². The Balaban J connectivity index is 1.63. The molecule has 0 aromatic carbocycles. The van der Waals surface area contributed by atoms with Crippen LogP contribution in [0.1, 0.15) is 19.3 Å². The van der Waals surface area contributed by atoms with Crippen LogP contribution in [0.15, 0.2) is 0 Å². The normalized spacial score (nSPS) is 25.1. The second-order valence-electron chi connectivity index (χ2n) is 5.05. The second-order valence-corrected chi connectivity index (χ2v) is 7.35. The highest BCUT2D eigenvalue weighted by Crippen LogP contribution is 2.12. The van der Waals surface area contributed by atoms with Crippen LogP contribution in [0, 0.1) is 0 Å². The lowest BCUT2D eigenvalue weighted by atomic mass is 10.1. The first-order valence-electron chi connectivity index (χ1n) is 6.75. The highest BCUT2D eigenvalue weighted by Gasteiger charge is 2.23. The maximum atomic E-state index is 11.7. The predicted octanol–water partition coefficient (Wildman–Crippen LogP) is -0.171. The molecule has 6 nitrogen and oxygen atoms in total. The van der Waals surface area contributed by atoms with Crippen LogP contribution in [0.2, 0.25) is 0 Å². The monoisotopic (exact) mass is 291 g/mol. The third-order valence-corrected chi connectivity index (χ3v) is 5.14. The maximum Gasteiger partial charge on any atom is 0.307 e. The van der Waals surface area contributed by atoms with Gasteiger partial charge in [0.1, 0.15) is 6.10 Å². The van der Waals surface area contributed by atoms with Gasteiger partial charge in [0.05, 0.1) is 31.1 Å². The molecule has 2 saturated heterocycles. The van der Waals surface area contributed by atoms with Gasteiger partial charge in [-0.15, -0.1) is 0 Å². The predicted molar refractivity (Wildman–Crippen MR) is 69.6 cm³/mol. The summed E-state index contributed by atoms with van der Waals surface area (Å²) in [6.07, 6.45) is 1.86. The zero-order chi connectivity index (χ0) is 13.7. The average Bonchev–Trinajstić information content (AvgIpc) is 2.39. The Bertz CT molecular complexity index is 388. The molecule has 0 aromatic rings. The number of hydrogen-bond acceptors (Lipinski definition) is 6. The van der Waals surface area contributed by atoms with E-state index in [4.69, 9.17) is 9.47 Å². The molecule has 0 radical (unpaired) electrons. The van der Waals surface area contributed by atoms with E-state index in [1.54, 1.807) is 0 Å². The summed E-state index contributed by atoms with van der Waals surface area (Å²) in [5, 5.41) is 0. The molecule has 2 aliphatic rings. The standard InChI is InChI=1S/C12H21NO5S/c14-12(18-11-2-7-17-8-3-11)1-4-13-5-9-19(15,16)10-6-13/h11H,1-10H2. The van der Waals surface area contributed by atoms with Gasteiger partial charge in [-0.25, -0.2) is 8.42 Å². The van der Waals surface area contributed by atoms with Crippen molar-refractivity contribution < 1.29 is 22.7 Å². The lowest BCUT2D eigenvalue weighted by Gasteiger charge is -2.26. The first-order chi connectivity index (χ1) is 9.05. The molecule has 0 saturated carbocycles. The summed E-state index contributed by atoms with van der Waals surface area (Å²) in [5.74, 6) is 0.199. The minimum atomic E-state index is -2.85. The summed E-state index contributed by atoms with van der Waals surface area (Å²) in [6, 6.07) is 0. The molecule has 0 bridgehead atoms. The molecule has 0 atom stereocenters. The van der Waals surface area contributed by atoms with E-state index in [1.165, 1.54) is 0 Å². The average molecular weight is 291 g/mol. The Labute approximate surface area is 114 Å². The molecule has 0 N–H and O–H groups in total. The molecule has 2 rings (SSSR count). The first kappa shape index (κ1) is 14.7. The highest BCUT2D eigenvalue weighted by atomic mass is 32.2. The summed E-state index contributed by atoms with van der Waals surface area (Å²) < 4.78 is 33.1. The highest BCUT2D eigenvalue weighted by molar-refractivity contribution is 7.91. The van der Waals surface area contributed by atoms with E-state index in [9.17, 15) is 13.2 Å². The Kier molecular flexibility index (Phi) is 5.18. The molecule has 0 spiro atoms. The molecular formula is C12H21NO5S. The number of sulfone groups is 1. The summed E-state index contributed by atoms with van der Waals surface area (Å²) >= 11 is 0. The van der Waals surface area contributed by atoms with Crippen molar-refractivity contribution in [2.45, 2.75) is 25.4 Å². The van der Waals surface area contributed by atoms with Gasteiger partial charge in [0, 0.05) is 32.5 Å². The van der Waals surface area contributed by atoms with E-state index in [1.807, 2.05) is 4.90 Å². The zero-order valence-corrected chi connectivity index (χ0v) is 11.9. The van der Waals surface area contributed by atoms with Crippen LogP contribution in [0.4, 0.5) is 0 Å². The number of hydrogen-bond donors (Lipinski definition) is 0. The largest absolute Gasteiger partial charge is 0.462 e. The van der Waals surface area contributed by atoms with Crippen LogP contribution in [-0.4, -0.2) is 69.7 Å². The Morgan fingerprint density at radius 2 is 1.84 bits per heavy atom. The third kappa shape index (κ3) is 5.08. The van der Waals surface area contributed by atoms with Crippen molar-refractivity contribution in [1.29, 1.82) is 0 Å². The van der Waals surface area contributed by atoms with Gasteiger partial charge >= 0.3 is 5.97 Å². The molecular weight excluding hydrogens is 270 g/mol. The number of ether oxygens (including phenoxy) is 2. The molecule has 19 heavy (non-hydrogen) atoms. The van der Waals surface area contributed by atoms with Crippen molar-refractivity contribution in [3.05, 3.63) is 0 Å². The fourth-order valence-corrected chi connectivity index (χ4v) is 3.54. The van der Waals surface area contributed by atoms with E-state index >= 15 is 0 Å². The van der Waals surface area contributed by atoms with Crippen LogP contribution in [0.3, 0.4) is 0 Å². The van der Waals surface area contributed by atoms with Crippen LogP contribution in [0.25, 0.3) is 0 Å². The van der Waals surface area contributed by atoms with Crippen LogP contribution < -0.4 is 0 Å². The zero-order valence-electron chi connectivity index (χ0n) is 11.0. The quantitative estimate of drug-likeness (QED) is 0.670.